The van der Waals surface area contributed by atoms with Gasteiger partial charge < -0.3 is 0 Å². The summed E-state index contributed by atoms with van der Waals surface area (Å²) in [5.74, 6) is -0.141. The highest BCUT2D eigenvalue weighted by Crippen LogP contribution is 2.26. The van der Waals surface area contributed by atoms with E-state index in [-0.39, 0.29) is 15.0 Å². The molecule has 0 aromatic carbocycles. The van der Waals surface area contributed by atoms with Crippen molar-refractivity contribution in [2.24, 2.45) is 0 Å². The van der Waals surface area contributed by atoms with Crippen LogP contribution in [0.15, 0.2) is 45.8 Å². The second kappa shape index (κ2) is 4.38. The summed E-state index contributed by atoms with van der Waals surface area (Å²) in [7, 11) is -3.60. The van der Waals surface area contributed by atoms with Crippen LogP contribution in [0, 0.1) is 0 Å². The molecule has 2 heterocycles. The van der Waals surface area contributed by atoms with Gasteiger partial charge in [-0.25, -0.2) is 13.4 Å². The lowest BCUT2D eigenvalue weighted by Crippen LogP contribution is -2.01. The van der Waals surface area contributed by atoms with E-state index in [9.17, 15) is 13.2 Å². The summed E-state index contributed by atoms with van der Waals surface area (Å²) in [6.45, 7) is 1.41. The zero-order valence-corrected chi connectivity index (χ0v) is 10.6. The Kier molecular flexibility index (Phi) is 3.08. The molecule has 0 radical (unpaired) electrons. The number of hydrogen-bond acceptors (Lipinski definition) is 5. The van der Waals surface area contributed by atoms with Gasteiger partial charge >= 0.3 is 0 Å². The Morgan fingerprint density at radius 3 is 2.53 bits per heavy atom. The quantitative estimate of drug-likeness (QED) is 0.799. The molecule has 0 aliphatic carbocycles. The van der Waals surface area contributed by atoms with Crippen molar-refractivity contribution in [2.45, 2.75) is 16.2 Å². The molecule has 0 saturated carbocycles. The fourth-order valence-electron chi connectivity index (χ4n) is 1.26. The molecule has 4 nitrogen and oxygen atoms in total. The number of aromatic nitrogens is 1. The molecule has 0 aliphatic rings. The Hall–Kier alpha value is -1.53. The standard InChI is InChI=1S/C11H9NO3S2/c1-8(13)9-5-6-11(16-9)17(14,15)10-4-2-3-7-12-10/h2-7H,1H3. The minimum Gasteiger partial charge on any atom is -0.294 e. The van der Waals surface area contributed by atoms with Gasteiger partial charge in [-0.15, -0.1) is 11.3 Å². The summed E-state index contributed by atoms with van der Waals surface area (Å²) < 4.78 is 24.4. The van der Waals surface area contributed by atoms with Crippen molar-refractivity contribution in [2.75, 3.05) is 0 Å². The van der Waals surface area contributed by atoms with Crippen LogP contribution in [0.4, 0.5) is 0 Å². The maximum Gasteiger partial charge on any atom is 0.233 e. The molecule has 88 valence electrons. The SMILES string of the molecule is CC(=O)c1ccc(S(=O)(=O)c2ccccn2)s1. The van der Waals surface area contributed by atoms with Gasteiger partial charge in [0.1, 0.15) is 4.21 Å². The second-order valence-corrected chi connectivity index (χ2v) is 6.55. The van der Waals surface area contributed by atoms with Gasteiger partial charge in [-0.1, -0.05) is 6.07 Å². The van der Waals surface area contributed by atoms with Crippen LogP contribution in [0.5, 0.6) is 0 Å². The van der Waals surface area contributed by atoms with Gasteiger partial charge in [0.25, 0.3) is 0 Å². The fraction of sp³-hybridized carbons (Fsp3) is 0.0909. The largest absolute Gasteiger partial charge is 0.294 e. The fourth-order valence-corrected chi connectivity index (χ4v) is 3.77. The average Bonchev–Trinajstić information content (AvgIpc) is 2.80. The topological polar surface area (TPSA) is 64.1 Å². The average molecular weight is 267 g/mol. The molecule has 0 amide bonds. The smallest absolute Gasteiger partial charge is 0.233 e. The lowest BCUT2D eigenvalue weighted by Gasteiger charge is -1.99. The molecule has 0 saturated heterocycles. The zero-order valence-electron chi connectivity index (χ0n) is 8.95. The van der Waals surface area contributed by atoms with Crippen molar-refractivity contribution >= 4 is 27.0 Å². The Morgan fingerprint density at radius 2 is 2.00 bits per heavy atom. The third-order valence-electron chi connectivity index (χ3n) is 2.11. The molecule has 0 atom stereocenters. The number of carbonyl (C=O) groups excluding carboxylic acids is 1. The molecule has 2 rings (SSSR count). The number of hydrogen-bond donors (Lipinski definition) is 0. The van der Waals surface area contributed by atoms with Crippen molar-refractivity contribution in [3.05, 3.63) is 41.4 Å². The summed E-state index contributed by atoms with van der Waals surface area (Å²) in [5.41, 5.74) is 0. The summed E-state index contributed by atoms with van der Waals surface area (Å²) in [4.78, 5) is 15.4. The van der Waals surface area contributed by atoms with Gasteiger partial charge in [0, 0.05) is 6.20 Å². The van der Waals surface area contributed by atoms with Gasteiger partial charge in [-0.3, -0.25) is 4.79 Å². The minimum absolute atomic E-state index is 0.00282. The van der Waals surface area contributed by atoms with Gasteiger partial charge in [0.05, 0.1) is 4.88 Å². The molecular formula is C11H9NO3S2. The van der Waals surface area contributed by atoms with Crippen molar-refractivity contribution in [3.8, 4) is 0 Å². The van der Waals surface area contributed by atoms with Crippen LogP contribution in [0.1, 0.15) is 16.6 Å². The third-order valence-corrected chi connectivity index (χ3v) is 5.45. The maximum atomic E-state index is 12.1. The van der Waals surface area contributed by atoms with E-state index in [0.717, 1.165) is 11.3 Å². The highest BCUT2D eigenvalue weighted by Gasteiger charge is 2.21. The predicted molar refractivity (Wildman–Crippen MR) is 64.0 cm³/mol. The molecule has 17 heavy (non-hydrogen) atoms. The lowest BCUT2D eigenvalue weighted by molar-refractivity contribution is 0.102. The summed E-state index contributed by atoms with van der Waals surface area (Å²) in [5, 5.41) is -0.00282. The van der Waals surface area contributed by atoms with E-state index in [1.807, 2.05) is 0 Å². The van der Waals surface area contributed by atoms with Gasteiger partial charge in [-0.2, -0.15) is 0 Å². The van der Waals surface area contributed by atoms with E-state index in [1.165, 1.54) is 31.3 Å². The summed E-state index contributed by atoms with van der Waals surface area (Å²) in [6, 6.07) is 7.64. The molecule has 0 spiro atoms. The van der Waals surface area contributed by atoms with E-state index in [0.29, 0.717) is 4.88 Å². The third kappa shape index (κ3) is 2.27. The van der Waals surface area contributed by atoms with Crippen molar-refractivity contribution in [1.82, 2.24) is 4.98 Å². The van der Waals surface area contributed by atoms with Crippen molar-refractivity contribution in [1.29, 1.82) is 0 Å². The highest BCUT2D eigenvalue weighted by molar-refractivity contribution is 7.93. The van der Waals surface area contributed by atoms with Gasteiger partial charge in [-0.05, 0) is 31.2 Å². The molecule has 0 N–H and O–H groups in total. The number of Topliss-reactive ketones (excluding diaryl/α,β-unsaturated/α-hetero) is 1. The Morgan fingerprint density at radius 1 is 1.24 bits per heavy atom. The van der Waals surface area contributed by atoms with Crippen LogP contribution < -0.4 is 0 Å². The van der Waals surface area contributed by atoms with E-state index in [2.05, 4.69) is 4.98 Å². The number of pyridine rings is 1. The Balaban J connectivity index is 2.49. The van der Waals surface area contributed by atoms with E-state index >= 15 is 0 Å². The zero-order chi connectivity index (χ0) is 12.5. The van der Waals surface area contributed by atoms with Gasteiger partial charge in [0.15, 0.2) is 10.8 Å². The lowest BCUT2D eigenvalue weighted by atomic mass is 10.4. The number of carbonyl (C=O) groups is 1. The van der Waals surface area contributed by atoms with Gasteiger partial charge in [0.2, 0.25) is 9.84 Å². The maximum absolute atomic E-state index is 12.1. The molecule has 2 aromatic heterocycles. The van der Waals surface area contributed by atoms with Crippen LogP contribution in [0.25, 0.3) is 0 Å². The number of nitrogens with zero attached hydrogens (tertiary/aromatic N) is 1. The van der Waals surface area contributed by atoms with Crippen LogP contribution in [-0.4, -0.2) is 19.2 Å². The molecular weight excluding hydrogens is 258 g/mol. The van der Waals surface area contributed by atoms with Crippen LogP contribution in [0.2, 0.25) is 0 Å². The molecule has 0 aliphatic heterocycles. The second-order valence-electron chi connectivity index (χ2n) is 3.35. The van der Waals surface area contributed by atoms with E-state index in [1.54, 1.807) is 12.1 Å². The molecule has 0 fully saturated rings. The summed E-state index contributed by atoms with van der Waals surface area (Å²) >= 11 is 0.965. The van der Waals surface area contributed by atoms with Crippen LogP contribution in [0.3, 0.4) is 0 Å². The molecule has 0 unspecified atom stereocenters. The number of thiophene rings is 1. The number of sulfone groups is 1. The van der Waals surface area contributed by atoms with Crippen LogP contribution in [-0.2, 0) is 9.84 Å². The van der Waals surface area contributed by atoms with Crippen molar-refractivity contribution in [3.63, 3.8) is 0 Å². The summed E-state index contributed by atoms with van der Waals surface area (Å²) in [6.07, 6.45) is 1.42. The predicted octanol–water partition coefficient (Wildman–Crippen LogP) is 2.18. The molecule has 6 heteroatoms. The van der Waals surface area contributed by atoms with Crippen molar-refractivity contribution < 1.29 is 13.2 Å². The number of ketones is 1. The normalized spacial score (nSPS) is 11.4. The number of rotatable bonds is 3. The first-order valence-electron chi connectivity index (χ1n) is 4.79. The minimum atomic E-state index is -3.60. The van der Waals surface area contributed by atoms with Crippen LogP contribution >= 0.6 is 11.3 Å². The monoisotopic (exact) mass is 267 g/mol. The highest BCUT2D eigenvalue weighted by atomic mass is 32.2. The van der Waals surface area contributed by atoms with E-state index < -0.39 is 9.84 Å². The first-order valence-corrected chi connectivity index (χ1v) is 7.08. The Bertz CT molecular complexity index is 644. The first-order chi connectivity index (χ1) is 8.01. The molecule has 0 bridgehead atoms. The first kappa shape index (κ1) is 11.9. The molecule has 2 aromatic rings. The van der Waals surface area contributed by atoms with E-state index in [4.69, 9.17) is 0 Å². The Labute approximate surface area is 103 Å².